The van der Waals surface area contributed by atoms with Crippen molar-refractivity contribution in [3.63, 3.8) is 0 Å². The first-order chi connectivity index (χ1) is 8.04. The molecule has 1 unspecified atom stereocenters. The standard InChI is InChI=1S/C11H17N3O3/c1-8(7-17-3)12-11(16)13-9-5-4-6-14(2)10(9)15/h4-6,8H,7H2,1-3H3,(H2,12,13,16). The van der Waals surface area contributed by atoms with Crippen molar-refractivity contribution in [3.05, 3.63) is 28.7 Å². The number of anilines is 1. The number of hydrogen-bond donors (Lipinski definition) is 2. The predicted molar refractivity (Wildman–Crippen MR) is 65.2 cm³/mol. The number of ether oxygens (including phenoxy) is 1. The molecule has 0 aliphatic carbocycles. The van der Waals surface area contributed by atoms with Crippen molar-refractivity contribution >= 4 is 11.7 Å². The van der Waals surface area contributed by atoms with Crippen molar-refractivity contribution in [1.82, 2.24) is 9.88 Å². The predicted octanol–water partition coefficient (Wildman–Crippen LogP) is 0.542. The Morgan fingerprint density at radius 3 is 2.94 bits per heavy atom. The van der Waals surface area contributed by atoms with E-state index >= 15 is 0 Å². The first-order valence-corrected chi connectivity index (χ1v) is 5.26. The number of nitrogens with zero attached hydrogens (tertiary/aromatic N) is 1. The summed E-state index contributed by atoms with van der Waals surface area (Å²) >= 11 is 0. The lowest BCUT2D eigenvalue weighted by atomic mass is 10.3. The lowest BCUT2D eigenvalue weighted by Gasteiger charge is -2.13. The van der Waals surface area contributed by atoms with Gasteiger partial charge in [0.15, 0.2) is 0 Å². The van der Waals surface area contributed by atoms with Gasteiger partial charge in [-0.3, -0.25) is 4.79 Å². The topological polar surface area (TPSA) is 72.4 Å². The maximum atomic E-state index is 11.6. The first-order valence-electron chi connectivity index (χ1n) is 5.26. The van der Waals surface area contributed by atoms with Crippen LogP contribution in [0.15, 0.2) is 23.1 Å². The average molecular weight is 239 g/mol. The third-order valence-electron chi connectivity index (χ3n) is 2.17. The van der Waals surface area contributed by atoms with Crippen molar-refractivity contribution in [2.24, 2.45) is 7.05 Å². The second-order valence-corrected chi connectivity index (χ2v) is 3.79. The molecule has 0 aromatic carbocycles. The molecule has 1 aromatic rings. The summed E-state index contributed by atoms with van der Waals surface area (Å²) in [5.41, 5.74) is -0.000776. The molecule has 6 nitrogen and oxygen atoms in total. The van der Waals surface area contributed by atoms with E-state index in [-0.39, 0.29) is 17.3 Å². The van der Waals surface area contributed by atoms with E-state index in [1.54, 1.807) is 32.5 Å². The number of aromatic nitrogens is 1. The number of pyridine rings is 1. The quantitative estimate of drug-likeness (QED) is 0.805. The Bertz CT molecular complexity index is 442. The van der Waals surface area contributed by atoms with E-state index in [9.17, 15) is 9.59 Å². The third kappa shape index (κ3) is 3.92. The van der Waals surface area contributed by atoms with E-state index in [0.29, 0.717) is 6.61 Å². The highest BCUT2D eigenvalue weighted by Crippen LogP contribution is 1.97. The summed E-state index contributed by atoms with van der Waals surface area (Å²) in [4.78, 5) is 23.1. The molecule has 1 heterocycles. The molecule has 0 saturated heterocycles. The average Bonchev–Trinajstić information content (AvgIpc) is 2.25. The highest BCUT2D eigenvalue weighted by Gasteiger charge is 2.08. The van der Waals surface area contributed by atoms with E-state index in [4.69, 9.17) is 4.74 Å². The lowest BCUT2D eigenvalue weighted by Crippen LogP contribution is -2.39. The summed E-state index contributed by atoms with van der Waals surface area (Å²) in [6.45, 7) is 2.23. The van der Waals surface area contributed by atoms with Gasteiger partial charge in [-0.1, -0.05) is 0 Å². The van der Waals surface area contributed by atoms with E-state index < -0.39 is 6.03 Å². The largest absolute Gasteiger partial charge is 0.383 e. The van der Waals surface area contributed by atoms with Crippen molar-refractivity contribution < 1.29 is 9.53 Å². The summed E-state index contributed by atoms with van der Waals surface area (Å²) in [7, 11) is 3.18. The summed E-state index contributed by atoms with van der Waals surface area (Å²) in [5.74, 6) is 0. The van der Waals surface area contributed by atoms with Crippen LogP contribution in [0.3, 0.4) is 0 Å². The van der Waals surface area contributed by atoms with Crippen LogP contribution in [0.2, 0.25) is 0 Å². The fraction of sp³-hybridized carbons (Fsp3) is 0.455. The van der Waals surface area contributed by atoms with Gasteiger partial charge in [0.1, 0.15) is 5.69 Å². The van der Waals surface area contributed by atoms with Gasteiger partial charge >= 0.3 is 6.03 Å². The van der Waals surface area contributed by atoms with Gasteiger partial charge in [-0.05, 0) is 19.1 Å². The van der Waals surface area contributed by atoms with Crippen molar-refractivity contribution in [2.45, 2.75) is 13.0 Å². The van der Waals surface area contributed by atoms with Crippen LogP contribution in [-0.4, -0.2) is 30.4 Å². The highest BCUT2D eigenvalue weighted by molar-refractivity contribution is 5.89. The highest BCUT2D eigenvalue weighted by atomic mass is 16.5. The number of urea groups is 1. The molecule has 1 atom stereocenters. The zero-order chi connectivity index (χ0) is 12.8. The number of hydrogen-bond acceptors (Lipinski definition) is 3. The lowest BCUT2D eigenvalue weighted by molar-refractivity contribution is 0.173. The number of aryl methyl sites for hydroxylation is 1. The molecule has 0 bridgehead atoms. The zero-order valence-corrected chi connectivity index (χ0v) is 10.2. The Morgan fingerprint density at radius 1 is 1.59 bits per heavy atom. The van der Waals surface area contributed by atoms with Crippen molar-refractivity contribution in [2.75, 3.05) is 19.0 Å². The van der Waals surface area contributed by atoms with E-state index in [0.717, 1.165) is 0 Å². The molecule has 0 spiro atoms. The van der Waals surface area contributed by atoms with E-state index in [1.807, 2.05) is 6.92 Å². The van der Waals surface area contributed by atoms with Gasteiger partial charge in [-0.2, -0.15) is 0 Å². The molecular formula is C11H17N3O3. The van der Waals surface area contributed by atoms with Gasteiger partial charge in [0.05, 0.1) is 12.6 Å². The molecule has 2 amide bonds. The normalized spacial score (nSPS) is 11.9. The molecule has 17 heavy (non-hydrogen) atoms. The number of amides is 2. The molecule has 94 valence electrons. The minimum Gasteiger partial charge on any atom is -0.383 e. The Kier molecular flexibility index (Phi) is 4.71. The Morgan fingerprint density at radius 2 is 2.29 bits per heavy atom. The third-order valence-corrected chi connectivity index (χ3v) is 2.17. The minimum atomic E-state index is -0.419. The maximum absolute atomic E-state index is 11.6. The van der Waals surface area contributed by atoms with Gasteiger partial charge in [0.2, 0.25) is 0 Å². The number of nitrogens with one attached hydrogen (secondary N) is 2. The molecule has 1 aromatic heterocycles. The molecule has 1 rings (SSSR count). The van der Waals surface area contributed by atoms with E-state index in [2.05, 4.69) is 10.6 Å². The summed E-state index contributed by atoms with van der Waals surface area (Å²) in [5, 5.41) is 5.15. The summed E-state index contributed by atoms with van der Waals surface area (Å²) < 4.78 is 6.29. The summed E-state index contributed by atoms with van der Waals surface area (Å²) in [6, 6.07) is 2.71. The fourth-order valence-electron chi connectivity index (χ4n) is 1.37. The Hall–Kier alpha value is -1.82. The van der Waals surface area contributed by atoms with Crippen LogP contribution >= 0.6 is 0 Å². The van der Waals surface area contributed by atoms with Gasteiger partial charge in [-0.15, -0.1) is 0 Å². The SMILES string of the molecule is COCC(C)NC(=O)Nc1cccn(C)c1=O. The Labute approximate surface area is 99.6 Å². The zero-order valence-electron chi connectivity index (χ0n) is 10.2. The second-order valence-electron chi connectivity index (χ2n) is 3.79. The van der Waals surface area contributed by atoms with E-state index in [1.165, 1.54) is 4.57 Å². The fourth-order valence-corrected chi connectivity index (χ4v) is 1.37. The van der Waals surface area contributed by atoms with Crippen LogP contribution in [0, 0.1) is 0 Å². The number of carbonyl (C=O) groups is 1. The molecule has 6 heteroatoms. The smallest absolute Gasteiger partial charge is 0.319 e. The van der Waals surface area contributed by atoms with Crippen LogP contribution in [0.25, 0.3) is 0 Å². The molecule has 0 aliphatic rings. The summed E-state index contributed by atoms with van der Waals surface area (Å²) in [6.07, 6.45) is 1.62. The van der Waals surface area contributed by atoms with Gasteiger partial charge < -0.3 is 19.9 Å². The minimum absolute atomic E-state index is 0.118. The molecule has 0 saturated carbocycles. The van der Waals surface area contributed by atoms with Crippen molar-refractivity contribution in [3.8, 4) is 0 Å². The number of carbonyl (C=O) groups excluding carboxylic acids is 1. The number of rotatable bonds is 4. The molecule has 0 fully saturated rings. The van der Waals surface area contributed by atoms with Crippen LogP contribution in [0.4, 0.5) is 10.5 Å². The molecule has 0 aliphatic heterocycles. The first kappa shape index (κ1) is 13.2. The van der Waals surface area contributed by atoms with Crippen LogP contribution in [-0.2, 0) is 11.8 Å². The van der Waals surface area contributed by atoms with Gasteiger partial charge in [0, 0.05) is 20.4 Å². The Balaban J connectivity index is 2.62. The second kappa shape index (κ2) is 6.05. The maximum Gasteiger partial charge on any atom is 0.319 e. The monoisotopic (exact) mass is 239 g/mol. The van der Waals surface area contributed by atoms with Gasteiger partial charge in [-0.25, -0.2) is 4.79 Å². The number of methoxy groups -OCH3 is 1. The molecular weight excluding hydrogens is 222 g/mol. The van der Waals surface area contributed by atoms with Gasteiger partial charge in [0.25, 0.3) is 5.56 Å². The van der Waals surface area contributed by atoms with Crippen molar-refractivity contribution in [1.29, 1.82) is 0 Å². The van der Waals surface area contributed by atoms with Crippen LogP contribution < -0.4 is 16.2 Å². The van der Waals surface area contributed by atoms with Crippen LogP contribution in [0.1, 0.15) is 6.92 Å². The molecule has 2 N–H and O–H groups in total. The molecule has 0 radical (unpaired) electrons. The van der Waals surface area contributed by atoms with Crippen LogP contribution in [0.5, 0.6) is 0 Å².